The van der Waals surface area contributed by atoms with Crippen molar-refractivity contribution in [1.82, 2.24) is 4.98 Å². The fourth-order valence-corrected chi connectivity index (χ4v) is 3.00. The lowest BCUT2D eigenvalue weighted by Gasteiger charge is -2.16. The molecule has 98 valence electrons. The van der Waals surface area contributed by atoms with Crippen molar-refractivity contribution in [3.05, 3.63) is 35.4 Å². The zero-order chi connectivity index (χ0) is 13.6. The highest BCUT2D eigenvalue weighted by Gasteiger charge is 2.36. The van der Waals surface area contributed by atoms with Gasteiger partial charge in [0.05, 0.1) is 11.4 Å². The van der Waals surface area contributed by atoms with E-state index >= 15 is 0 Å². The first-order chi connectivity index (χ1) is 9.15. The molecule has 3 rings (SSSR count). The highest BCUT2D eigenvalue weighted by molar-refractivity contribution is 6.06. The molecule has 0 aliphatic carbocycles. The van der Waals surface area contributed by atoms with E-state index < -0.39 is 0 Å². The minimum absolute atomic E-state index is 0.0707. The molecule has 0 saturated heterocycles. The molecule has 2 aromatic rings. The Labute approximate surface area is 113 Å². The monoisotopic (exact) mass is 254 g/mol. The van der Waals surface area contributed by atoms with Gasteiger partial charge in [0.15, 0.2) is 0 Å². The van der Waals surface area contributed by atoms with Gasteiger partial charge >= 0.3 is 0 Å². The van der Waals surface area contributed by atoms with Gasteiger partial charge in [0.2, 0.25) is 5.91 Å². The predicted octanol–water partition coefficient (Wildman–Crippen LogP) is 3.40. The molecule has 1 aliphatic heterocycles. The quantitative estimate of drug-likeness (QED) is 0.823. The molecule has 0 radical (unpaired) electrons. The van der Waals surface area contributed by atoms with E-state index in [-0.39, 0.29) is 11.8 Å². The van der Waals surface area contributed by atoms with Crippen LogP contribution >= 0.6 is 0 Å². The van der Waals surface area contributed by atoms with Crippen LogP contribution in [0.3, 0.4) is 0 Å². The Kier molecular flexibility index (Phi) is 2.77. The van der Waals surface area contributed by atoms with Crippen LogP contribution in [-0.4, -0.2) is 17.4 Å². The molecule has 0 bridgehead atoms. The Morgan fingerprint density at radius 2 is 2.05 bits per heavy atom. The Bertz CT molecular complexity index is 663. The van der Waals surface area contributed by atoms with E-state index in [4.69, 9.17) is 4.98 Å². The minimum Gasteiger partial charge on any atom is -0.296 e. The molecule has 1 amide bonds. The standard InChI is InChI=1S/C16H18N2O/c1-4-9-18-15-14(11(3)16(18)19)10(2)12-7-5-6-8-13(12)17-15/h5-8,11H,4,9H2,1-3H3. The van der Waals surface area contributed by atoms with Crippen molar-refractivity contribution >= 4 is 22.6 Å². The van der Waals surface area contributed by atoms with Crippen LogP contribution in [0.2, 0.25) is 0 Å². The Balaban J connectivity index is 2.30. The predicted molar refractivity (Wildman–Crippen MR) is 77.5 cm³/mol. The molecule has 3 heteroatoms. The molecule has 1 unspecified atom stereocenters. The SMILES string of the molecule is CCCN1C(=O)C(C)c2c1nc1ccccc1c2C. The van der Waals surface area contributed by atoms with Gasteiger partial charge in [-0.3, -0.25) is 9.69 Å². The summed E-state index contributed by atoms with van der Waals surface area (Å²) in [5.41, 5.74) is 3.28. The van der Waals surface area contributed by atoms with Gasteiger partial charge in [0.25, 0.3) is 0 Å². The van der Waals surface area contributed by atoms with E-state index in [0.29, 0.717) is 0 Å². The number of anilines is 1. The first kappa shape index (κ1) is 12.2. The third kappa shape index (κ3) is 1.65. The molecule has 3 nitrogen and oxygen atoms in total. The van der Waals surface area contributed by atoms with Gasteiger partial charge in [-0.05, 0) is 31.9 Å². The maximum absolute atomic E-state index is 12.4. The topological polar surface area (TPSA) is 33.2 Å². The number of para-hydroxylation sites is 1. The zero-order valence-corrected chi connectivity index (χ0v) is 11.6. The molecule has 0 fully saturated rings. The summed E-state index contributed by atoms with van der Waals surface area (Å²) in [6.45, 7) is 6.92. The maximum Gasteiger partial charge on any atom is 0.235 e. The summed E-state index contributed by atoms with van der Waals surface area (Å²) in [7, 11) is 0. The van der Waals surface area contributed by atoms with E-state index in [1.807, 2.05) is 30.0 Å². The van der Waals surface area contributed by atoms with E-state index in [1.54, 1.807) is 0 Å². The molecule has 1 aromatic heterocycles. The second kappa shape index (κ2) is 4.34. The van der Waals surface area contributed by atoms with Crippen molar-refractivity contribution in [1.29, 1.82) is 0 Å². The van der Waals surface area contributed by atoms with Crippen LogP contribution in [-0.2, 0) is 4.79 Å². The molecular formula is C16H18N2O. The first-order valence-corrected chi connectivity index (χ1v) is 6.85. The number of rotatable bonds is 2. The Morgan fingerprint density at radius 1 is 1.32 bits per heavy atom. The van der Waals surface area contributed by atoms with E-state index in [0.717, 1.165) is 35.2 Å². The van der Waals surface area contributed by atoms with Crippen molar-refractivity contribution < 1.29 is 4.79 Å². The molecule has 0 N–H and O–H groups in total. The summed E-state index contributed by atoms with van der Waals surface area (Å²) in [6, 6.07) is 8.11. The van der Waals surface area contributed by atoms with Crippen LogP contribution in [0.5, 0.6) is 0 Å². The van der Waals surface area contributed by atoms with Crippen LogP contribution in [0.15, 0.2) is 24.3 Å². The number of aromatic nitrogens is 1. The number of hydrogen-bond acceptors (Lipinski definition) is 2. The number of nitrogens with zero attached hydrogens (tertiary/aromatic N) is 2. The molecule has 1 aliphatic rings. The third-order valence-corrected chi connectivity index (χ3v) is 3.95. The summed E-state index contributed by atoms with van der Waals surface area (Å²) in [4.78, 5) is 18.9. The van der Waals surface area contributed by atoms with Crippen LogP contribution in [0.25, 0.3) is 10.9 Å². The molecule has 0 spiro atoms. The third-order valence-electron chi connectivity index (χ3n) is 3.95. The highest BCUT2D eigenvalue weighted by atomic mass is 16.2. The molecule has 2 heterocycles. The molecule has 0 saturated carbocycles. The molecule has 19 heavy (non-hydrogen) atoms. The summed E-state index contributed by atoms with van der Waals surface area (Å²) >= 11 is 0. The summed E-state index contributed by atoms with van der Waals surface area (Å²) in [5, 5.41) is 1.15. The van der Waals surface area contributed by atoms with E-state index in [9.17, 15) is 4.79 Å². The van der Waals surface area contributed by atoms with Gasteiger partial charge < -0.3 is 0 Å². The number of carbonyl (C=O) groups excluding carboxylic acids is 1. The van der Waals surface area contributed by atoms with Gasteiger partial charge in [-0.25, -0.2) is 4.98 Å². The van der Waals surface area contributed by atoms with E-state index in [1.165, 1.54) is 5.56 Å². The van der Waals surface area contributed by atoms with Crippen molar-refractivity contribution in [2.24, 2.45) is 0 Å². The number of amides is 1. The lowest BCUT2D eigenvalue weighted by molar-refractivity contribution is -0.119. The first-order valence-electron chi connectivity index (χ1n) is 6.85. The second-order valence-corrected chi connectivity index (χ2v) is 5.20. The summed E-state index contributed by atoms with van der Waals surface area (Å²) in [5.74, 6) is 0.983. The van der Waals surface area contributed by atoms with Crippen molar-refractivity contribution in [3.8, 4) is 0 Å². The average molecular weight is 254 g/mol. The number of aryl methyl sites for hydroxylation is 1. The number of carbonyl (C=O) groups is 1. The number of pyridine rings is 1. The van der Waals surface area contributed by atoms with Crippen LogP contribution in [0.1, 0.15) is 37.3 Å². The lowest BCUT2D eigenvalue weighted by atomic mass is 9.97. The number of fused-ring (bicyclic) bond motifs is 2. The van der Waals surface area contributed by atoms with Crippen molar-refractivity contribution in [2.45, 2.75) is 33.1 Å². The van der Waals surface area contributed by atoms with E-state index in [2.05, 4.69) is 19.9 Å². The Morgan fingerprint density at radius 3 is 2.79 bits per heavy atom. The van der Waals surface area contributed by atoms with Crippen molar-refractivity contribution in [2.75, 3.05) is 11.4 Å². The normalized spacial score (nSPS) is 18.2. The van der Waals surface area contributed by atoms with Crippen LogP contribution < -0.4 is 4.90 Å². The van der Waals surface area contributed by atoms with Gasteiger partial charge in [-0.15, -0.1) is 0 Å². The lowest BCUT2D eigenvalue weighted by Crippen LogP contribution is -2.29. The van der Waals surface area contributed by atoms with Crippen LogP contribution in [0.4, 0.5) is 5.82 Å². The fourth-order valence-electron chi connectivity index (χ4n) is 3.00. The summed E-state index contributed by atoms with van der Waals surface area (Å²) in [6.07, 6.45) is 0.950. The average Bonchev–Trinajstić information content (AvgIpc) is 2.65. The van der Waals surface area contributed by atoms with Gasteiger partial charge in [-0.2, -0.15) is 0 Å². The molecular weight excluding hydrogens is 236 g/mol. The maximum atomic E-state index is 12.4. The zero-order valence-electron chi connectivity index (χ0n) is 11.6. The molecule has 1 aromatic carbocycles. The number of hydrogen-bond donors (Lipinski definition) is 0. The summed E-state index contributed by atoms with van der Waals surface area (Å²) < 4.78 is 0. The smallest absolute Gasteiger partial charge is 0.235 e. The number of benzene rings is 1. The van der Waals surface area contributed by atoms with Crippen LogP contribution in [0, 0.1) is 6.92 Å². The molecule has 1 atom stereocenters. The van der Waals surface area contributed by atoms with Gasteiger partial charge in [0.1, 0.15) is 5.82 Å². The largest absolute Gasteiger partial charge is 0.296 e. The van der Waals surface area contributed by atoms with Gasteiger partial charge in [-0.1, -0.05) is 25.1 Å². The Hall–Kier alpha value is -1.90. The fraction of sp³-hybridized carbons (Fsp3) is 0.375. The van der Waals surface area contributed by atoms with Crippen molar-refractivity contribution in [3.63, 3.8) is 0 Å². The highest BCUT2D eigenvalue weighted by Crippen LogP contribution is 2.40. The minimum atomic E-state index is -0.0707. The van der Waals surface area contributed by atoms with Gasteiger partial charge in [0, 0.05) is 17.5 Å². The second-order valence-electron chi connectivity index (χ2n) is 5.20.